The second kappa shape index (κ2) is 11.2. The van der Waals surface area contributed by atoms with Gasteiger partial charge < -0.3 is 14.2 Å². The summed E-state index contributed by atoms with van der Waals surface area (Å²) in [6.45, 7) is 5.06. The fourth-order valence-electron chi connectivity index (χ4n) is 3.66. The fourth-order valence-corrected chi connectivity index (χ4v) is 4.57. The van der Waals surface area contributed by atoms with Gasteiger partial charge in [-0.15, -0.1) is 10.2 Å². The van der Waals surface area contributed by atoms with Crippen molar-refractivity contribution in [3.8, 4) is 11.8 Å². The number of halogens is 1. The molecular formula is C24H25ClN6O2S. The number of nitriles is 1. The number of carbonyl (C=O) groups excluding carboxylic acids is 1. The average Bonchev–Trinajstić information content (AvgIpc) is 3.59. The molecule has 0 saturated carbocycles. The van der Waals surface area contributed by atoms with Gasteiger partial charge in [-0.1, -0.05) is 22.9 Å². The van der Waals surface area contributed by atoms with Crippen molar-refractivity contribution in [3.63, 3.8) is 0 Å². The number of hydrogen-bond acceptors (Lipinski definition) is 7. The summed E-state index contributed by atoms with van der Waals surface area (Å²) >= 11 is 7.37. The van der Waals surface area contributed by atoms with Crippen molar-refractivity contribution < 1.29 is 9.53 Å². The van der Waals surface area contributed by atoms with E-state index in [0.717, 1.165) is 54.5 Å². The monoisotopic (exact) mass is 496 g/mol. The summed E-state index contributed by atoms with van der Waals surface area (Å²) in [5.41, 5.74) is 1.75. The SMILES string of the molecule is Cc1cc(OCCCn2cccc2/C=C(/C#N)C(=O)Nc2nnc(N3CCCC3)s2)ccc1Cl. The molecule has 176 valence electrons. The van der Waals surface area contributed by atoms with Gasteiger partial charge in [-0.25, -0.2) is 0 Å². The Morgan fingerprint density at radius 3 is 2.91 bits per heavy atom. The zero-order valence-corrected chi connectivity index (χ0v) is 20.4. The standard InChI is InChI=1S/C24H25ClN6O2S/c1-17-14-20(7-8-21(17)25)33-13-5-12-30-11-4-6-19(30)15-18(16-26)22(32)27-23-28-29-24(34-23)31-9-2-3-10-31/h4,6-8,11,14-15H,2-3,5,9-10,12-13H2,1H3,(H,27,28,32)/b18-15-. The Morgan fingerprint density at radius 2 is 2.15 bits per heavy atom. The third kappa shape index (κ3) is 5.95. The van der Waals surface area contributed by atoms with Crippen molar-refractivity contribution in [2.45, 2.75) is 32.7 Å². The second-order valence-electron chi connectivity index (χ2n) is 7.95. The lowest BCUT2D eigenvalue weighted by Gasteiger charge is -2.11. The molecule has 0 radical (unpaired) electrons. The molecule has 4 rings (SSSR count). The molecule has 0 unspecified atom stereocenters. The lowest BCUT2D eigenvalue weighted by molar-refractivity contribution is -0.112. The normalized spacial score (nSPS) is 13.7. The summed E-state index contributed by atoms with van der Waals surface area (Å²) in [7, 11) is 0. The third-order valence-corrected chi connectivity index (χ3v) is 6.80. The van der Waals surface area contributed by atoms with Crippen molar-refractivity contribution in [2.75, 3.05) is 29.9 Å². The van der Waals surface area contributed by atoms with Crippen LogP contribution in [0, 0.1) is 18.3 Å². The molecule has 1 N–H and O–H groups in total. The highest BCUT2D eigenvalue weighted by Crippen LogP contribution is 2.27. The summed E-state index contributed by atoms with van der Waals surface area (Å²) in [6.07, 6.45) is 6.53. The number of aryl methyl sites for hydroxylation is 2. The van der Waals surface area contributed by atoms with E-state index in [1.165, 1.54) is 11.3 Å². The number of rotatable bonds is 9. The summed E-state index contributed by atoms with van der Waals surface area (Å²) < 4.78 is 7.79. The van der Waals surface area contributed by atoms with Crippen LogP contribution < -0.4 is 15.0 Å². The number of hydrogen-bond donors (Lipinski definition) is 1. The van der Waals surface area contributed by atoms with Crippen LogP contribution >= 0.6 is 22.9 Å². The Bertz CT molecular complexity index is 1220. The van der Waals surface area contributed by atoms with E-state index in [1.807, 2.05) is 54.1 Å². The van der Waals surface area contributed by atoms with Gasteiger partial charge in [0, 0.05) is 36.5 Å². The molecule has 3 aromatic rings. The number of ether oxygens (including phenoxy) is 1. The van der Waals surface area contributed by atoms with Crippen LogP contribution in [-0.2, 0) is 11.3 Å². The highest BCUT2D eigenvalue weighted by atomic mass is 35.5. The van der Waals surface area contributed by atoms with Crippen LogP contribution in [0.1, 0.15) is 30.5 Å². The molecule has 0 bridgehead atoms. The van der Waals surface area contributed by atoms with Crippen LogP contribution in [0.15, 0.2) is 42.1 Å². The maximum absolute atomic E-state index is 12.7. The van der Waals surface area contributed by atoms with Gasteiger partial charge in [-0.3, -0.25) is 10.1 Å². The van der Waals surface area contributed by atoms with Crippen molar-refractivity contribution in [1.29, 1.82) is 5.26 Å². The minimum absolute atomic E-state index is 0.00534. The molecule has 1 aliphatic rings. The number of nitrogens with zero attached hydrogens (tertiary/aromatic N) is 5. The van der Waals surface area contributed by atoms with Gasteiger partial charge in [-0.2, -0.15) is 5.26 Å². The van der Waals surface area contributed by atoms with Gasteiger partial charge in [0.2, 0.25) is 10.3 Å². The van der Waals surface area contributed by atoms with Crippen LogP contribution in [0.25, 0.3) is 6.08 Å². The van der Waals surface area contributed by atoms with Gasteiger partial charge in [-0.05, 0) is 68.2 Å². The molecule has 1 fully saturated rings. The van der Waals surface area contributed by atoms with E-state index in [2.05, 4.69) is 20.4 Å². The Hall–Kier alpha value is -3.35. The first-order chi connectivity index (χ1) is 16.5. The fraction of sp³-hybridized carbons (Fsp3) is 0.333. The highest BCUT2D eigenvalue weighted by Gasteiger charge is 2.18. The molecule has 8 nitrogen and oxygen atoms in total. The number of carbonyl (C=O) groups is 1. The van der Waals surface area contributed by atoms with Gasteiger partial charge in [0.1, 0.15) is 17.4 Å². The van der Waals surface area contributed by atoms with Crippen LogP contribution in [-0.4, -0.2) is 40.4 Å². The van der Waals surface area contributed by atoms with Gasteiger partial charge in [0.15, 0.2) is 0 Å². The van der Waals surface area contributed by atoms with E-state index in [9.17, 15) is 10.1 Å². The first-order valence-electron chi connectivity index (χ1n) is 11.1. The van der Waals surface area contributed by atoms with Crippen LogP contribution in [0.4, 0.5) is 10.3 Å². The van der Waals surface area contributed by atoms with Gasteiger partial charge in [0.05, 0.1) is 6.61 Å². The Kier molecular flexibility index (Phi) is 7.83. The summed E-state index contributed by atoms with van der Waals surface area (Å²) in [5, 5.41) is 22.4. The Morgan fingerprint density at radius 1 is 1.32 bits per heavy atom. The molecule has 0 aliphatic carbocycles. The first-order valence-corrected chi connectivity index (χ1v) is 12.3. The number of anilines is 2. The zero-order valence-electron chi connectivity index (χ0n) is 18.8. The third-order valence-electron chi connectivity index (χ3n) is 5.47. The van der Waals surface area contributed by atoms with E-state index in [0.29, 0.717) is 23.3 Å². The molecule has 34 heavy (non-hydrogen) atoms. The van der Waals surface area contributed by atoms with Gasteiger partial charge >= 0.3 is 0 Å². The summed E-state index contributed by atoms with van der Waals surface area (Å²) in [4.78, 5) is 14.8. The zero-order chi connectivity index (χ0) is 23.9. The minimum Gasteiger partial charge on any atom is -0.494 e. The minimum atomic E-state index is -0.499. The molecule has 1 amide bonds. The predicted molar refractivity (Wildman–Crippen MR) is 134 cm³/mol. The smallest absolute Gasteiger partial charge is 0.268 e. The number of amides is 1. The molecule has 0 spiro atoms. The highest BCUT2D eigenvalue weighted by molar-refractivity contribution is 7.19. The van der Waals surface area contributed by atoms with Crippen molar-refractivity contribution in [1.82, 2.24) is 14.8 Å². The summed E-state index contributed by atoms with van der Waals surface area (Å²) in [6, 6.07) is 11.3. The average molecular weight is 497 g/mol. The Balaban J connectivity index is 1.33. The molecule has 0 atom stereocenters. The lowest BCUT2D eigenvalue weighted by atomic mass is 10.2. The Labute approximate surface area is 207 Å². The molecule has 1 aromatic carbocycles. The van der Waals surface area contributed by atoms with Crippen molar-refractivity contribution in [2.24, 2.45) is 0 Å². The molecule has 3 heterocycles. The maximum atomic E-state index is 12.7. The summed E-state index contributed by atoms with van der Waals surface area (Å²) in [5.74, 6) is 0.281. The van der Waals surface area contributed by atoms with E-state index >= 15 is 0 Å². The maximum Gasteiger partial charge on any atom is 0.268 e. The molecule has 2 aromatic heterocycles. The van der Waals surface area contributed by atoms with E-state index in [-0.39, 0.29) is 5.57 Å². The van der Waals surface area contributed by atoms with Crippen molar-refractivity contribution >= 4 is 45.2 Å². The van der Waals surface area contributed by atoms with Crippen molar-refractivity contribution in [3.05, 3.63) is 58.4 Å². The van der Waals surface area contributed by atoms with E-state index in [4.69, 9.17) is 16.3 Å². The van der Waals surface area contributed by atoms with E-state index < -0.39 is 5.91 Å². The molecular weight excluding hydrogens is 472 g/mol. The first kappa shape index (κ1) is 23.8. The van der Waals surface area contributed by atoms with Crippen LogP contribution in [0.5, 0.6) is 5.75 Å². The number of benzene rings is 1. The van der Waals surface area contributed by atoms with Crippen LogP contribution in [0.2, 0.25) is 5.02 Å². The molecule has 1 aliphatic heterocycles. The molecule has 1 saturated heterocycles. The number of aromatic nitrogens is 3. The van der Waals surface area contributed by atoms with Gasteiger partial charge in [0.25, 0.3) is 5.91 Å². The van der Waals surface area contributed by atoms with Crippen LogP contribution in [0.3, 0.4) is 0 Å². The predicted octanol–water partition coefficient (Wildman–Crippen LogP) is 4.92. The number of nitrogens with one attached hydrogen (secondary N) is 1. The van der Waals surface area contributed by atoms with E-state index in [1.54, 1.807) is 6.08 Å². The molecule has 10 heteroatoms. The topological polar surface area (TPSA) is 96.1 Å². The lowest BCUT2D eigenvalue weighted by Crippen LogP contribution is -2.17. The largest absolute Gasteiger partial charge is 0.494 e. The quantitative estimate of drug-likeness (QED) is 0.257. The second-order valence-corrected chi connectivity index (χ2v) is 9.31.